The number of rotatable bonds is 4. The lowest BCUT2D eigenvalue weighted by Gasteiger charge is -2.18. The van der Waals surface area contributed by atoms with Crippen LogP contribution in [0.5, 0.6) is 5.75 Å². The van der Waals surface area contributed by atoms with Crippen LogP contribution in [0, 0.1) is 12.7 Å². The highest BCUT2D eigenvalue weighted by molar-refractivity contribution is 5.55. The van der Waals surface area contributed by atoms with Crippen molar-refractivity contribution in [1.82, 2.24) is 10.2 Å². The van der Waals surface area contributed by atoms with Gasteiger partial charge in [0.25, 0.3) is 5.56 Å². The summed E-state index contributed by atoms with van der Waals surface area (Å²) in [5, 5.41) is 15.0. The first kappa shape index (κ1) is 14.5. The van der Waals surface area contributed by atoms with E-state index < -0.39 is 5.82 Å². The van der Waals surface area contributed by atoms with Crippen LogP contribution in [-0.4, -0.2) is 28.5 Å². The minimum absolute atomic E-state index is 0.0521. The third-order valence-corrected chi connectivity index (χ3v) is 3.74. The number of aliphatic hydroxyl groups is 1. The average Bonchev–Trinajstić information content (AvgIpc) is 2.90. The fraction of sp³-hybridized carbons (Fsp3) is 0.333. The number of nitrogens with zero attached hydrogens (tertiary/aromatic N) is 2. The van der Waals surface area contributed by atoms with Gasteiger partial charge in [-0.3, -0.25) is 4.79 Å². The van der Waals surface area contributed by atoms with Crippen molar-refractivity contribution >= 4 is 5.69 Å². The molecule has 7 heteroatoms. The molecule has 2 heterocycles. The molecule has 1 aliphatic heterocycles. The quantitative estimate of drug-likeness (QED) is 0.884. The maximum atomic E-state index is 13.9. The molecule has 1 aliphatic rings. The number of halogens is 1. The maximum absolute atomic E-state index is 13.9. The molecule has 0 aliphatic carbocycles. The van der Waals surface area contributed by atoms with Crippen molar-refractivity contribution in [2.24, 2.45) is 0 Å². The molecule has 0 fully saturated rings. The highest BCUT2D eigenvalue weighted by atomic mass is 19.1. The number of fused-ring (bicyclic) bond motifs is 1. The topological polar surface area (TPSA) is 78.5 Å². The Labute approximate surface area is 126 Å². The lowest BCUT2D eigenvalue weighted by Crippen LogP contribution is -2.21. The van der Waals surface area contributed by atoms with E-state index in [2.05, 4.69) is 10.2 Å². The summed E-state index contributed by atoms with van der Waals surface area (Å²) in [6.45, 7) is 2.68. The summed E-state index contributed by atoms with van der Waals surface area (Å²) in [6.07, 6.45) is 1.60. The first-order valence-electron chi connectivity index (χ1n) is 6.94. The minimum atomic E-state index is -0.449. The fourth-order valence-electron chi connectivity index (χ4n) is 2.60. The van der Waals surface area contributed by atoms with Crippen molar-refractivity contribution in [3.8, 4) is 5.75 Å². The molecule has 0 saturated heterocycles. The van der Waals surface area contributed by atoms with Gasteiger partial charge in [0.1, 0.15) is 6.61 Å². The monoisotopic (exact) mass is 305 g/mol. The third kappa shape index (κ3) is 2.55. The van der Waals surface area contributed by atoms with E-state index >= 15 is 0 Å². The Bertz CT molecular complexity index is 760. The molecule has 0 atom stereocenters. The van der Waals surface area contributed by atoms with E-state index in [1.165, 1.54) is 6.07 Å². The highest BCUT2D eigenvalue weighted by Crippen LogP contribution is 2.32. The average molecular weight is 305 g/mol. The largest absolute Gasteiger partial charge is 0.488 e. The Morgan fingerprint density at radius 2 is 2.14 bits per heavy atom. The van der Waals surface area contributed by atoms with Gasteiger partial charge in [0.05, 0.1) is 18.5 Å². The van der Waals surface area contributed by atoms with Crippen LogP contribution in [0.2, 0.25) is 0 Å². The molecule has 2 N–H and O–H groups in total. The number of aliphatic hydroxyl groups excluding tert-OH is 1. The Morgan fingerprint density at radius 3 is 2.86 bits per heavy atom. The molecule has 6 nitrogen and oxygen atoms in total. The van der Waals surface area contributed by atoms with Crippen LogP contribution in [-0.2, 0) is 13.1 Å². The molecule has 0 spiro atoms. The third-order valence-electron chi connectivity index (χ3n) is 3.74. The zero-order valence-electron chi connectivity index (χ0n) is 12.1. The first-order chi connectivity index (χ1) is 10.6. The lowest BCUT2D eigenvalue weighted by atomic mass is 10.1. The molecule has 0 unspecified atom stereocenters. The summed E-state index contributed by atoms with van der Waals surface area (Å²) in [4.78, 5) is 13.6. The number of H-pyrrole nitrogens is 1. The van der Waals surface area contributed by atoms with Crippen LogP contribution in [0.1, 0.15) is 16.7 Å². The molecule has 3 rings (SSSR count). The molecule has 0 radical (unpaired) electrons. The predicted molar refractivity (Wildman–Crippen MR) is 78.5 cm³/mol. The molecule has 116 valence electrons. The van der Waals surface area contributed by atoms with Gasteiger partial charge in [-0.1, -0.05) is 0 Å². The molecular formula is C15H16FN3O3. The van der Waals surface area contributed by atoms with Crippen LogP contribution in [0.3, 0.4) is 0 Å². The standard InChI is InChI=1S/C15H16FN3O3/c1-9-13(6-17-18-15(9)21)19-7-10-4-12(16)14(22-3-2-20)5-11(10)8-19/h4-6,20H,2-3,7-8H2,1H3,(H,18,21). The van der Waals surface area contributed by atoms with Gasteiger partial charge in [-0.05, 0) is 30.2 Å². The highest BCUT2D eigenvalue weighted by Gasteiger charge is 2.23. The minimum Gasteiger partial charge on any atom is -0.488 e. The van der Waals surface area contributed by atoms with E-state index in [-0.39, 0.29) is 24.5 Å². The number of anilines is 1. The number of hydrogen-bond acceptors (Lipinski definition) is 5. The van der Waals surface area contributed by atoms with E-state index in [0.717, 1.165) is 16.8 Å². The van der Waals surface area contributed by atoms with E-state index in [4.69, 9.17) is 9.84 Å². The second-order valence-electron chi connectivity index (χ2n) is 5.19. The summed E-state index contributed by atoms with van der Waals surface area (Å²) in [7, 11) is 0. The molecule has 2 aromatic rings. The Hall–Kier alpha value is -2.41. The normalized spacial score (nSPS) is 13.3. The van der Waals surface area contributed by atoms with Crippen LogP contribution < -0.4 is 15.2 Å². The van der Waals surface area contributed by atoms with Gasteiger partial charge < -0.3 is 14.7 Å². The van der Waals surface area contributed by atoms with Crippen molar-refractivity contribution in [2.45, 2.75) is 20.0 Å². The van der Waals surface area contributed by atoms with Crippen molar-refractivity contribution in [3.63, 3.8) is 0 Å². The number of hydrogen-bond donors (Lipinski definition) is 2. The SMILES string of the molecule is Cc1c(N2Cc3cc(F)c(OCCO)cc3C2)cn[nH]c1=O. The van der Waals surface area contributed by atoms with Crippen molar-refractivity contribution < 1.29 is 14.2 Å². The maximum Gasteiger partial charge on any atom is 0.269 e. The molecule has 22 heavy (non-hydrogen) atoms. The van der Waals surface area contributed by atoms with Gasteiger partial charge >= 0.3 is 0 Å². The summed E-state index contributed by atoms with van der Waals surface area (Å²) in [6, 6.07) is 3.09. The lowest BCUT2D eigenvalue weighted by molar-refractivity contribution is 0.196. The molecule has 0 amide bonds. The second-order valence-corrected chi connectivity index (χ2v) is 5.19. The number of benzene rings is 1. The van der Waals surface area contributed by atoms with E-state index in [9.17, 15) is 9.18 Å². The van der Waals surface area contributed by atoms with Gasteiger partial charge in [-0.2, -0.15) is 5.10 Å². The zero-order valence-corrected chi connectivity index (χ0v) is 12.1. The molecule has 1 aromatic heterocycles. The summed E-state index contributed by atoms with van der Waals surface area (Å²) >= 11 is 0. The summed E-state index contributed by atoms with van der Waals surface area (Å²) in [5.41, 5.74) is 2.88. The predicted octanol–water partition coefficient (Wildman–Crippen LogP) is 1.11. The molecule has 0 saturated carbocycles. The second kappa shape index (κ2) is 5.76. The van der Waals surface area contributed by atoms with Gasteiger partial charge in [0.15, 0.2) is 11.6 Å². The van der Waals surface area contributed by atoms with Crippen molar-refractivity contribution in [1.29, 1.82) is 0 Å². The molecule has 0 bridgehead atoms. The van der Waals surface area contributed by atoms with Crippen molar-refractivity contribution in [3.05, 3.63) is 51.2 Å². The Kier molecular flexibility index (Phi) is 3.81. The smallest absolute Gasteiger partial charge is 0.269 e. The van der Waals surface area contributed by atoms with Gasteiger partial charge in [0.2, 0.25) is 0 Å². The summed E-state index contributed by atoms with van der Waals surface area (Å²) in [5.74, 6) is -0.315. The van der Waals surface area contributed by atoms with E-state index in [0.29, 0.717) is 18.7 Å². The van der Waals surface area contributed by atoms with Crippen LogP contribution in [0.25, 0.3) is 0 Å². The van der Waals surface area contributed by atoms with E-state index in [1.807, 2.05) is 4.90 Å². The Balaban J connectivity index is 1.89. The number of aromatic amines is 1. The number of aromatic nitrogens is 2. The zero-order chi connectivity index (χ0) is 15.7. The van der Waals surface area contributed by atoms with E-state index in [1.54, 1.807) is 19.2 Å². The van der Waals surface area contributed by atoms with Crippen LogP contribution >= 0.6 is 0 Å². The fourth-order valence-corrected chi connectivity index (χ4v) is 2.60. The van der Waals surface area contributed by atoms with Crippen LogP contribution in [0.15, 0.2) is 23.1 Å². The van der Waals surface area contributed by atoms with Crippen LogP contribution in [0.4, 0.5) is 10.1 Å². The van der Waals surface area contributed by atoms with Gasteiger partial charge in [0, 0.05) is 18.7 Å². The van der Waals surface area contributed by atoms with Gasteiger partial charge in [-0.25, -0.2) is 9.49 Å². The number of ether oxygens (including phenoxy) is 1. The first-order valence-corrected chi connectivity index (χ1v) is 6.94. The summed E-state index contributed by atoms with van der Waals surface area (Å²) < 4.78 is 19.1. The van der Waals surface area contributed by atoms with Gasteiger partial charge in [-0.15, -0.1) is 0 Å². The molecule has 1 aromatic carbocycles. The number of nitrogens with one attached hydrogen (secondary N) is 1. The van der Waals surface area contributed by atoms with Crippen molar-refractivity contribution in [2.75, 3.05) is 18.1 Å². The Morgan fingerprint density at radius 1 is 1.41 bits per heavy atom. The molecular weight excluding hydrogens is 289 g/mol.